The first-order chi connectivity index (χ1) is 9.49. The Morgan fingerprint density at radius 1 is 1.45 bits per heavy atom. The Kier molecular flexibility index (Phi) is 6.38. The van der Waals surface area contributed by atoms with Gasteiger partial charge in [-0.1, -0.05) is 19.1 Å². The highest BCUT2D eigenvalue weighted by molar-refractivity contribution is 7.80. The number of carbonyl (C=O) groups is 1. The third-order valence-electron chi connectivity index (χ3n) is 2.70. The molecular formula is C14H21N3O2S. The monoisotopic (exact) mass is 295 g/mol. The second kappa shape index (κ2) is 7.79. The third-order valence-corrected chi connectivity index (χ3v) is 2.92. The number of aryl methyl sites for hydroxylation is 1. The molecule has 1 aromatic rings. The van der Waals surface area contributed by atoms with Crippen molar-refractivity contribution in [3.63, 3.8) is 0 Å². The largest absolute Gasteiger partial charge is 0.465 e. The number of anilines is 1. The maximum Gasteiger partial charge on any atom is 0.325 e. The van der Waals surface area contributed by atoms with Crippen LogP contribution in [0.2, 0.25) is 0 Å². The van der Waals surface area contributed by atoms with Crippen LogP contribution >= 0.6 is 12.2 Å². The van der Waals surface area contributed by atoms with E-state index >= 15 is 0 Å². The molecule has 1 rings (SSSR count). The molecule has 0 saturated heterocycles. The zero-order valence-corrected chi connectivity index (χ0v) is 13.0. The van der Waals surface area contributed by atoms with Gasteiger partial charge in [0.25, 0.3) is 0 Å². The Labute approximate surface area is 125 Å². The van der Waals surface area contributed by atoms with Gasteiger partial charge in [0.1, 0.15) is 17.4 Å². The van der Waals surface area contributed by atoms with Crippen LogP contribution in [0.4, 0.5) is 5.82 Å². The van der Waals surface area contributed by atoms with Gasteiger partial charge < -0.3 is 15.4 Å². The number of nitrogens with zero attached hydrogens (tertiary/aromatic N) is 2. The summed E-state index contributed by atoms with van der Waals surface area (Å²) in [7, 11) is 0. The average Bonchev–Trinajstić information content (AvgIpc) is 2.38. The van der Waals surface area contributed by atoms with Crippen molar-refractivity contribution in [1.29, 1.82) is 0 Å². The van der Waals surface area contributed by atoms with Crippen molar-refractivity contribution in [3.8, 4) is 0 Å². The summed E-state index contributed by atoms with van der Waals surface area (Å²) in [6.07, 6.45) is 0.881. The molecule has 0 atom stereocenters. The van der Waals surface area contributed by atoms with Gasteiger partial charge in [-0.2, -0.15) is 0 Å². The molecule has 0 saturated carbocycles. The first-order valence-corrected chi connectivity index (χ1v) is 7.08. The summed E-state index contributed by atoms with van der Waals surface area (Å²) in [6, 6.07) is 3.69. The first-order valence-electron chi connectivity index (χ1n) is 6.67. The summed E-state index contributed by atoms with van der Waals surface area (Å²) < 4.78 is 5.00. The van der Waals surface area contributed by atoms with Crippen LogP contribution in [0.5, 0.6) is 0 Å². The lowest BCUT2D eigenvalue weighted by Gasteiger charge is -2.24. The molecule has 110 valence electrons. The van der Waals surface area contributed by atoms with E-state index in [0.29, 0.717) is 24.5 Å². The fraction of sp³-hybridized carbons (Fsp3) is 0.500. The molecule has 0 unspecified atom stereocenters. The van der Waals surface area contributed by atoms with Crippen LogP contribution in [0.1, 0.15) is 31.5 Å². The number of hydrogen-bond acceptors (Lipinski definition) is 5. The fourth-order valence-corrected chi connectivity index (χ4v) is 2.03. The molecule has 0 aliphatic rings. The van der Waals surface area contributed by atoms with Gasteiger partial charge in [-0.25, -0.2) is 4.98 Å². The number of nitrogens with two attached hydrogens (primary N) is 1. The van der Waals surface area contributed by atoms with Crippen LogP contribution in [-0.2, 0) is 9.53 Å². The predicted molar refractivity (Wildman–Crippen MR) is 84.0 cm³/mol. The van der Waals surface area contributed by atoms with Gasteiger partial charge in [0, 0.05) is 12.2 Å². The third kappa shape index (κ3) is 4.45. The average molecular weight is 295 g/mol. The molecule has 20 heavy (non-hydrogen) atoms. The minimum atomic E-state index is -0.279. The van der Waals surface area contributed by atoms with E-state index in [1.807, 2.05) is 30.9 Å². The minimum absolute atomic E-state index is 0.147. The van der Waals surface area contributed by atoms with Gasteiger partial charge in [0.05, 0.1) is 12.2 Å². The van der Waals surface area contributed by atoms with Crippen LogP contribution in [0.3, 0.4) is 0 Å². The lowest BCUT2D eigenvalue weighted by Crippen LogP contribution is -2.34. The highest BCUT2D eigenvalue weighted by atomic mass is 32.1. The lowest BCUT2D eigenvalue weighted by atomic mass is 10.2. The summed E-state index contributed by atoms with van der Waals surface area (Å²) in [5.41, 5.74) is 7.27. The molecule has 0 fully saturated rings. The van der Waals surface area contributed by atoms with Crippen molar-refractivity contribution in [2.45, 2.75) is 27.2 Å². The Morgan fingerprint density at radius 2 is 2.15 bits per heavy atom. The van der Waals surface area contributed by atoms with E-state index in [2.05, 4.69) is 4.98 Å². The highest BCUT2D eigenvalue weighted by Gasteiger charge is 2.18. The van der Waals surface area contributed by atoms with Crippen LogP contribution < -0.4 is 10.6 Å². The zero-order valence-electron chi connectivity index (χ0n) is 12.2. The minimum Gasteiger partial charge on any atom is -0.465 e. The number of aromatic nitrogens is 1. The molecule has 0 bridgehead atoms. The second-order valence-corrected chi connectivity index (χ2v) is 4.85. The number of esters is 1. The first kappa shape index (κ1) is 16.4. The zero-order chi connectivity index (χ0) is 15.1. The standard InChI is InChI=1S/C14H21N3O2S/c1-4-8-17(9-12(18)19-5-2)14-11(13(15)20)7-6-10(3)16-14/h6-7H,4-5,8-9H2,1-3H3,(H2,15,20). The van der Waals surface area contributed by atoms with E-state index in [1.54, 1.807) is 6.92 Å². The second-order valence-electron chi connectivity index (χ2n) is 4.41. The Bertz CT molecular complexity index is 491. The van der Waals surface area contributed by atoms with Crippen LogP contribution in [0.15, 0.2) is 12.1 Å². The number of thiocarbonyl (C=S) groups is 1. The lowest BCUT2D eigenvalue weighted by molar-refractivity contribution is -0.141. The SMILES string of the molecule is CCCN(CC(=O)OCC)c1nc(C)ccc1C(N)=S. The molecule has 0 spiro atoms. The normalized spacial score (nSPS) is 10.2. The van der Waals surface area contributed by atoms with E-state index in [0.717, 1.165) is 12.1 Å². The predicted octanol–water partition coefficient (Wildman–Crippen LogP) is 1.80. The van der Waals surface area contributed by atoms with Gasteiger partial charge in [-0.3, -0.25) is 4.79 Å². The smallest absolute Gasteiger partial charge is 0.325 e. The quantitative estimate of drug-likeness (QED) is 0.611. The van der Waals surface area contributed by atoms with Crippen LogP contribution in [0, 0.1) is 6.92 Å². The van der Waals surface area contributed by atoms with Gasteiger partial charge in [0.15, 0.2) is 0 Å². The number of rotatable bonds is 7. The molecule has 6 heteroatoms. The number of pyridine rings is 1. The van der Waals surface area contributed by atoms with E-state index in [4.69, 9.17) is 22.7 Å². The van der Waals surface area contributed by atoms with Crippen molar-refractivity contribution in [2.75, 3.05) is 24.6 Å². The van der Waals surface area contributed by atoms with Crippen molar-refractivity contribution < 1.29 is 9.53 Å². The van der Waals surface area contributed by atoms with Crippen LogP contribution in [-0.4, -0.2) is 35.6 Å². The molecule has 0 radical (unpaired) electrons. The maximum atomic E-state index is 11.7. The molecule has 0 aliphatic heterocycles. The van der Waals surface area contributed by atoms with Gasteiger partial charge in [0.2, 0.25) is 0 Å². The molecule has 0 amide bonds. The van der Waals surface area contributed by atoms with Crippen LogP contribution in [0.25, 0.3) is 0 Å². The van der Waals surface area contributed by atoms with Gasteiger partial charge in [-0.15, -0.1) is 0 Å². The molecule has 0 aromatic carbocycles. The van der Waals surface area contributed by atoms with Crippen molar-refractivity contribution >= 4 is 29.0 Å². The Hall–Kier alpha value is -1.69. The van der Waals surface area contributed by atoms with Gasteiger partial charge in [-0.05, 0) is 32.4 Å². The summed E-state index contributed by atoms with van der Waals surface area (Å²) in [4.78, 5) is 18.3. The number of hydrogen-bond donors (Lipinski definition) is 1. The molecular weight excluding hydrogens is 274 g/mol. The van der Waals surface area contributed by atoms with E-state index < -0.39 is 0 Å². The molecule has 0 aliphatic carbocycles. The summed E-state index contributed by atoms with van der Waals surface area (Å²) >= 11 is 5.06. The van der Waals surface area contributed by atoms with E-state index in [1.165, 1.54) is 0 Å². The highest BCUT2D eigenvalue weighted by Crippen LogP contribution is 2.19. The molecule has 2 N–H and O–H groups in total. The Morgan fingerprint density at radius 3 is 2.70 bits per heavy atom. The number of carbonyl (C=O) groups excluding carboxylic acids is 1. The number of ether oxygens (including phenoxy) is 1. The van der Waals surface area contributed by atoms with E-state index in [9.17, 15) is 4.79 Å². The molecule has 1 heterocycles. The fourth-order valence-electron chi connectivity index (χ4n) is 1.87. The summed E-state index contributed by atoms with van der Waals surface area (Å²) in [5.74, 6) is 0.366. The van der Waals surface area contributed by atoms with E-state index in [-0.39, 0.29) is 17.5 Å². The summed E-state index contributed by atoms with van der Waals surface area (Å²) in [6.45, 7) is 6.91. The molecule has 5 nitrogen and oxygen atoms in total. The van der Waals surface area contributed by atoms with Crippen molar-refractivity contribution in [2.24, 2.45) is 5.73 Å². The Balaban J connectivity index is 3.09. The van der Waals surface area contributed by atoms with Crippen molar-refractivity contribution in [3.05, 3.63) is 23.4 Å². The molecule has 1 aromatic heterocycles. The topological polar surface area (TPSA) is 68.5 Å². The van der Waals surface area contributed by atoms with Gasteiger partial charge >= 0.3 is 5.97 Å². The van der Waals surface area contributed by atoms with Crippen molar-refractivity contribution in [1.82, 2.24) is 4.98 Å². The summed E-state index contributed by atoms with van der Waals surface area (Å²) in [5, 5.41) is 0. The maximum absolute atomic E-state index is 11.7.